The minimum absolute atomic E-state index is 0.0473. The summed E-state index contributed by atoms with van der Waals surface area (Å²) in [6.45, 7) is 18.6. The van der Waals surface area contributed by atoms with Gasteiger partial charge in [0.05, 0.1) is 47.6 Å². The van der Waals surface area contributed by atoms with Crippen molar-refractivity contribution in [3.05, 3.63) is 65.7 Å². The molecular formula is C57H90FN5O14. The number of cyclic esters (lactones) is 1. The molecule has 0 radical (unpaired) electrons. The molecule has 0 saturated carbocycles. The normalized spacial score (nSPS) is 38.6. The van der Waals surface area contributed by atoms with Crippen LogP contribution in [-0.2, 0) is 47.5 Å². The molecule has 434 valence electrons. The monoisotopic (exact) mass is 1090 g/mol. The standard InChI is InChI=1S/C57H90FN5O14/c1-16-44-57(11,69)50(66)34(5)46(64)31(2)26-56(10,72-15)52(35(6)48(36(7)53(68)75-44)76-45-27-55(9,71-14)51(67)37(8)74-45)77-54-47(65)42(25-33(4)73-54)62(12)24-23-41-30-63(61-60-41)43(28-58)49(70-13)39-21-19-38(20-22-39)40-18-17-32(3)59-29-40/h17-22,29-31,33-37,42-45,47-52,54,60-61,65-67,69H,16,23-28H2,1-15H3/t31-,33-,34+,35+,36-,37+,42+,43-,44-,45+,47-,48+,49-,50-,51+,52-,54+,55-,56-,57-/m1/s1. The van der Waals surface area contributed by atoms with Crippen molar-refractivity contribution >= 4 is 11.8 Å². The number of aliphatic hydroxyl groups is 4. The van der Waals surface area contributed by atoms with Crippen molar-refractivity contribution in [3.63, 3.8) is 0 Å². The molecule has 4 aliphatic heterocycles. The number of halogens is 1. The van der Waals surface area contributed by atoms with E-state index in [0.717, 1.165) is 28.1 Å². The number of ether oxygens (including phenoxy) is 8. The van der Waals surface area contributed by atoms with Crippen LogP contribution in [-0.4, -0.2) is 179 Å². The number of benzene rings is 1. The van der Waals surface area contributed by atoms with Crippen molar-refractivity contribution < 1.29 is 72.3 Å². The van der Waals surface area contributed by atoms with Crippen LogP contribution in [0.1, 0.15) is 119 Å². The first-order valence-corrected chi connectivity index (χ1v) is 27.3. The number of nitrogens with zero attached hydrogens (tertiary/aromatic N) is 3. The van der Waals surface area contributed by atoms with Crippen LogP contribution < -0.4 is 11.0 Å². The average Bonchev–Trinajstić information content (AvgIpc) is 3.89. The summed E-state index contributed by atoms with van der Waals surface area (Å²) in [6.07, 6.45) is -6.38. The number of alkyl halides is 1. The highest BCUT2D eigenvalue weighted by atomic mass is 19.1. The number of esters is 1. The summed E-state index contributed by atoms with van der Waals surface area (Å²) < 4.78 is 65.8. The average molecular weight is 1090 g/mol. The lowest BCUT2D eigenvalue weighted by molar-refractivity contribution is -0.319. The summed E-state index contributed by atoms with van der Waals surface area (Å²) in [5, 5.41) is 48.7. The number of nitrogens with one attached hydrogen (secondary N) is 2. The van der Waals surface area contributed by atoms with E-state index in [0.29, 0.717) is 19.4 Å². The van der Waals surface area contributed by atoms with E-state index in [1.54, 1.807) is 60.6 Å². The molecule has 1 aromatic heterocycles. The molecule has 0 amide bonds. The highest BCUT2D eigenvalue weighted by Crippen LogP contribution is 2.42. The SMILES string of the molecule is CC[C@H]1OC(=O)[C@H](C)[C@@H](O[C@H]2C[C@@](C)(OC)[C@@H](O)[C@H](C)O2)[C@H](C)[C@@H](O[C@@H]2O[C@H](C)C[C@H](N(C)CCC3=CN([C@H](CF)[C@H](OC)c4ccc(-c5ccc(C)nc5)cc4)NN3)[C@H]2O)[C@](C)(OC)C[C@@H](C)C(=O)[C@H](C)[C@@H](O)[C@]1(C)O. The highest BCUT2D eigenvalue weighted by Gasteiger charge is 2.54. The summed E-state index contributed by atoms with van der Waals surface area (Å²) in [5.74, 6) is -4.84. The third-order valence-corrected chi connectivity index (χ3v) is 17.1. The molecule has 77 heavy (non-hydrogen) atoms. The Morgan fingerprint density at radius 2 is 1.56 bits per heavy atom. The number of methoxy groups -OCH3 is 3. The van der Waals surface area contributed by atoms with E-state index in [1.165, 1.54) is 21.1 Å². The molecule has 0 bridgehead atoms. The van der Waals surface area contributed by atoms with Crippen LogP contribution in [0.5, 0.6) is 0 Å². The maximum Gasteiger partial charge on any atom is 0.311 e. The van der Waals surface area contributed by atoms with E-state index < -0.39 is 133 Å². The van der Waals surface area contributed by atoms with Crippen molar-refractivity contribution in [3.8, 4) is 11.1 Å². The lowest BCUT2D eigenvalue weighted by Crippen LogP contribution is -2.61. The van der Waals surface area contributed by atoms with Gasteiger partial charge in [0.2, 0.25) is 0 Å². The number of rotatable bonds is 17. The molecule has 20 heteroatoms. The second kappa shape index (κ2) is 26.2. The quantitative estimate of drug-likeness (QED) is 0.108. The predicted octanol–water partition coefficient (Wildman–Crippen LogP) is 5.46. The minimum Gasteiger partial charge on any atom is -0.459 e. The number of aryl methyl sites for hydroxylation is 1. The Morgan fingerprint density at radius 1 is 0.896 bits per heavy atom. The first-order chi connectivity index (χ1) is 36.3. The number of pyridine rings is 1. The van der Waals surface area contributed by atoms with Gasteiger partial charge in [-0.25, -0.2) is 4.39 Å². The Morgan fingerprint density at radius 3 is 2.16 bits per heavy atom. The first-order valence-electron chi connectivity index (χ1n) is 27.3. The second-order valence-corrected chi connectivity index (χ2v) is 22.9. The van der Waals surface area contributed by atoms with Gasteiger partial charge in [-0.3, -0.25) is 19.6 Å². The van der Waals surface area contributed by atoms with Gasteiger partial charge < -0.3 is 68.6 Å². The zero-order chi connectivity index (χ0) is 56.9. The van der Waals surface area contributed by atoms with Crippen LogP contribution in [0.2, 0.25) is 0 Å². The number of aromatic nitrogens is 1. The van der Waals surface area contributed by atoms with Crippen molar-refractivity contribution in [1.29, 1.82) is 0 Å². The number of carbonyl (C=O) groups excluding carboxylic acids is 2. The molecule has 5 heterocycles. The molecule has 6 N–H and O–H groups in total. The number of aliphatic hydroxyl groups excluding tert-OH is 3. The zero-order valence-electron chi connectivity index (χ0n) is 48.0. The zero-order valence-corrected chi connectivity index (χ0v) is 48.0. The van der Waals surface area contributed by atoms with Crippen LogP contribution in [0.25, 0.3) is 11.1 Å². The van der Waals surface area contributed by atoms with E-state index in [1.807, 2.05) is 81.5 Å². The van der Waals surface area contributed by atoms with Crippen LogP contribution in [0.3, 0.4) is 0 Å². The maximum atomic E-state index is 15.0. The maximum absolute atomic E-state index is 15.0. The molecule has 0 aliphatic carbocycles. The van der Waals surface area contributed by atoms with Gasteiger partial charge in [0.15, 0.2) is 12.6 Å². The lowest BCUT2D eigenvalue weighted by atomic mass is 9.74. The molecule has 20 atom stereocenters. The molecule has 6 rings (SSSR count). The third-order valence-electron chi connectivity index (χ3n) is 17.1. The van der Waals surface area contributed by atoms with Gasteiger partial charge in [-0.1, -0.05) is 58.0 Å². The van der Waals surface area contributed by atoms with Crippen LogP contribution in [0, 0.1) is 30.6 Å². The number of hydrogen-bond donors (Lipinski definition) is 6. The largest absolute Gasteiger partial charge is 0.459 e. The topological polar surface area (TPSA) is 232 Å². The molecule has 19 nitrogen and oxygen atoms in total. The summed E-state index contributed by atoms with van der Waals surface area (Å²) >= 11 is 0. The van der Waals surface area contributed by atoms with Gasteiger partial charge in [0.1, 0.15) is 48.5 Å². The summed E-state index contributed by atoms with van der Waals surface area (Å²) in [7, 11) is 6.46. The Kier molecular flexibility index (Phi) is 21.3. The fourth-order valence-corrected chi connectivity index (χ4v) is 12.0. The Bertz CT molecular complexity index is 2260. The van der Waals surface area contributed by atoms with Gasteiger partial charge in [-0.15, -0.1) is 5.53 Å². The number of ketones is 1. The Hall–Kier alpha value is -3.74. The van der Waals surface area contributed by atoms with E-state index in [-0.39, 0.29) is 25.0 Å². The Balaban J connectivity index is 1.25. The minimum atomic E-state index is -2.02. The summed E-state index contributed by atoms with van der Waals surface area (Å²) in [5.41, 5.74) is 6.33. The molecule has 1 aromatic carbocycles. The molecule has 3 fully saturated rings. The van der Waals surface area contributed by atoms with Gasteiger partial charge in [0.25, 0.3) is 0 Å². The number of hydrogen-bond acceptors (Lipinski definition) is 19. The van der Waals surface area contributed by atoms with Gasteiger partial charge in [-0.05, 0) is 92.0 Å². The fourth-order valence-electron chi connectivity index (χ4n) is 12.0. The van der Waals surface area contributed by atoms with Gasteiger partial charge in [0, 0.05) is 93.9 Å². The van der Waals surface area contributed by atoms with Crippen molar-refractivity contribution in [1.82, 2.24) is 25.9 Å². The molecule has 0 unspecified atom stereocenters. The predicted molar refractivity (Wildman–Crippen MR) is 285 cm³/mol. The number of carbonyl (C=O) groups is 2. The second-order valence-electron chi connectivity index (χ2n) is 22.9. The summed E-state index contributed by atoms with van der Waals surface area (Å²) in [4.78, 5) is 35.3. The van der Waals surface area contributed by atoms with E-state index in [9.17, 15) is 30.0 Å². The molecular weight excluding hydrogens is 998 g/mol. The lowest BCUT2D eigenvalue weighted by Gasteiger charge is -2.50. The number of Topliss-reactive ketones (excluding diaryl/α,β-unsaturated/α-hetero) is 1. The third kappa shape index (κ3) is 13.9. The van der Waals surface area contributed by atoms with Crippen LogP contribution >= 0.6 is 0 Å². The molecule has 4 aliphatic rings. The number of likely N-dealkylation sites (N-methyl/N-ethyl adjacent to an activating group) is 1. The summed E-state index contributed by atoms with van der Waals surface area (Å²) in [6, 6.07) is 10.6. The van der Waals surface area contributed by atoms with Crippen LogP contribution in [0.15, 0.2) is 54.5 Å². The fraction of sp³-hybridized carbons (Fsp3) is 0.737. The highest BCUT2D eigenvalue weighted by molar-refractivity contribution is 5.83. The van der Waals surface area contributed by atoms with E-state index in [4.69, 9.17) is 37.9 Å². The Labute approximate surface area is 455 Å². The van der Waals surface area contributed by atoms with Crippen molar-refractivity contribution in [2.75, 3.05) is 41.6 Å². The van der Waals surface area contributed by atoms with Crippen LogP contribution in [0.4, 0.5) is 4.39 Å². The molecule has 0 spiro atoms. The van der Waals surface area contributed by atoms with Crippen molar-refractivity contribution in [2.45, 2.75) is 205 Å². The van der Waals surface area contributed by atoms with E-state index >= 15 is 4.39 Å². The molecule has 3 saturated heterocycles. The number of hydrazine groups is 2. The smallest absolute Gasteiger partial charge is 0.311 e. The van der Waals surface area contributed by atoms with Crippen molar-refractivity contribution in [2.24, 2.45) is 23.7 Å². The van der Waals surface area contributed by atoms with Gasteiger partial charge in [-0.2, -0.15) is 0 Å². The van der Waals surface area contributed by atoms with Gasteiger partial charge >= 0.3 is 5.97 Å². The van der Waals surface area contributed by atoms with E-state index in [2.05, 4.69) is 15.9 Å². The molecule has 2 aromatic rings. The first kappa shape index (κ1) is 62.5.